The lowest BCUT2D eigenvalue weighted by molar-refractivity contribution is -0.385. The molecule has 0 bridgehead atoms. The first kappa shape index (κ1) is 12.8. The zero-order valence-corrected chi connectivity index (χ0v) is 10.3. The van der Waals surface area contributed by atoms with Crippen LogP contribution < -0.4 is 0 Å². The van der Waals surface area contributed by atoms with E-state index in [2.05, 4.69) is 4.99 Å². The van der Waals surface area contributed by atoms with E-state index in [0.717, 1.165) is 5.56 Å². The van der Waals surface area contributed by atoms with E-state index in [1.54, 1.807) is 49.5 Å². The van der Waals surface area contributed by atoms with Crippen LogP contribution in [0.5, 0.6) is 5.75 Å². The van der Waals surface area contributed by atoms with Crippen LogP contribution in [0.3, 0.4) is 0 Å². The lowest BCUT2D eigenvalue weighted by Crippen LogP contribution is -1.91. The summed E-state index contributed by atoms with van der Waals surface area (Å²) < 4.78 is 0. The number of benzene rings is 2. The van der Waals surface area contributed by atoms with E-state index in [0.29, 0.717) is 11.3 Å². The molecule has 1 N–H and O–H groups in total. The van der Waals surface area contributed by atoms with Crippen LogP contribution in [-0.4, -0.2) is 16.2 Å². The summed E-state index contributed by atoms with van der Waals surface area (Å²) in [7, 11) is 0. The lowest BCUT2D eigenvalue weighted by atomic mass is 10.1. The fourth-order valence-corrected chi connectivity index (χ4v) is 1.65. The third-order valence-electron chi connectivity index (χ3n) is 2.72. The number of hydrogen-bond donors (Lipinski definition) is 1. The molecule has 0 saturated heterocycles. The number of nitro benzene ring substituents is 1. The van der Waals surface area contributed by atoms with Crippen LogP contribution in [0.1, 0.15) is 11.1 Å². The number of nitro groups is 1. The van der Waals surface area contributed by atoms with Gasteiger partial charge in [-0.3, -0.25) is 15.1 Å². The Kier molecular flexibility index (Phi) is 3.56. The molecule has 5 nitrogen and oxygen atoms in total. The van der Waals surface area contributed by atoms with Crippen LogP contribution in [0.25, 0.3) is 0 Å². The Hall–Kier alpha value is -2.69. The van der Waals surface area contributed by atoms with Gasteiger partial charge in [-0.1, -0.05) is 6.07 Å². The number of phenolic OH excluding ortho intramolecular Hbond substituents is 1. The summed E-state index contributed by atoms with van der Waals surface area (Å²) >= 11 is 0. The maximum absolute atomic E-state index is 10.8. The molecule has 2 aromatic carbocycles. The minimum atomic E-state index is -0.422. The molecule has 0 fully saturated rings. The van der Waals surface area contributed by atoms with E-state index in [4.69, 9.17) is 5.11 Å². The average molecular weight is 256 g/mol. The Labute approximate surface area is 110 Å². The molecule has 0 unspecified atom stereocenters. The highest BCUT2D eigenvalue weighted by Crippen LogP contribution is 2.27. The van der Waals surface area contributed by atoms with Gasteiger partial charge in [0.25, 0.3) is 5.69 Å². The summed E-state index contributed by atoms with van der Waals surface area (Å²) in [5.41, 5.74) is 1.95. The van der Waals surface area contributed by atoms with Crippen LogP contribution in [0.2, 0.25) is 0 Å². The zero-order valence-electron chi connectivity index (χ0n) is 10.3. The molecule has 0 aliphatic heterocycles. The molecular formula is C14H12N2O3. The molecule has 5 heteroatoms. The first-order valence-corrected chi connectivity index (χ1v) is 5.65. The van der Waals surface area contributed by atoms with E-state index in [1.807, 2.05) is 0 Å². The fourth-order valence-electron chi connectivity index (χ4n) is 1.65. The summed E-state index contributed by atoms with van der Waals surface area (Å²) in [6, 6.07) is 11.3. The van der Waals surface area contributed by atoms with Crippen molar-refractivity contribution in [3.8, 4) is 5.75 Å². The van der Waals surface area contributed by atoms with Crippen molar-refractivity contribution in [2.75, 3.05) is 0 Å². The molecule has 0 radical (unpaired) electrons. The Balaban J connectivity index is 2.31. The van der Waals surface area contributed by atoms with Gasteiger partial charge in [0.2, 0.25) is 0 Å². The van der Waals surface area contributed by atoms with E-state index >= 15 is 0 Å². The number of aliphatic imine (C=N–C) groups is 1. The van der Waals surface area contributed by atoms with Gasteiger partial charge >= 0.3 is 0 Å². The van der Waals surface area contributed by atoms with Crippen molar-refractivity contribution in [3.05, 3.63) is 63.7 Å². The molecule has 0 amide bonds. The van der Waals surface area contributed by atoms with Crippen LogP contribution >= 0.6 is 0 Å². The third kappa shape index (κ3) is 2.95. The van der Waals surface area contributed by atoms with Crippen molar-refractivity contribution in [2.24, 2.45) is 4.99 Å². The Morgan fingerprint density at radius 3 is 2.53 bits per heavy atom. The van der Waals surface area contributed by atoms with Crippen LogP contribution in [0.15, 0.2) is 47.5 Å². The van der Waals surface area contributed by atoms with Gasteiger partial charge in [-0.25, -0.2) is 0 Å². The molecule has 0 heterocycles. The van der Waals surface area contributed by atoms with Crippen molar-refractivity contribution in [1.29, 1.82) is 0 Å². The Morgan fingerprint density at radius 1 is 1.21 bits per heavy atom. The Morgan fingerprint density at radius 2 is 1.89 bits per heavy atom. The van der Waals surface area contributed by atoms with Gasteiger partial charge in [0.1, 0.15) is 5.75 Å². The first-order valence-electron chi connectivity index (χ1n) is 5.65. The molecule has 0 saturated carbocycles. The van der Waals surface area contributed by atoms with Crippen molar-refractivity contribution < 1.29 is 10.0 Å². The molecule has 0 spiro atoms. The van der Waals surface area contributed by atoms with E-state index in [1.165, 1.54) is 6.07 Å². The monoisotopic (exact) mass is 256 g/mol. The topological polar surface area (TPSA) is 75.7 Å². The number of nitrogens with zero attached hydrogens (tertiary/aromatic N) is 2. The molecule has 96 valence electrons. The summed E-state index contributed by atoms with van der Waals surface area (Å²) in [4.78, 5) is 14.6. The van der Waals surface area contributed by atoms with Gasteiger partial charge in [-0.2, -0.15) is 0 Å². The highest BCUT2D eigenvalue weighted by molar-refractivity contribution is 5.82. The van der Waals surface area contributed by atoms with Crippen LogP contribution in [0, 0.1) is 17.0 Å². The molecule has 0 aromatic heterocycles. The average Bonchev–Trinajstić information content (AvgIpc) is 2.39. The maximum Gasteiger partial charge on any atom is 0.274 e. The predicted octanol–water partition coefficient (Wildman–Crippen LogP) is 3.36. The van der Waals surface area contributed by atoms with E-state index < -0.39 is 4.92 Å². The van der Waals surface area contributed by atoms with Gasteiger partial charge in [-0.15, -0.1) is 0 Å². The highest BCUT2D eigenvalue weighted by atomic mass is 16.6. The first-order chi connectivity index (χ1) is 9.08. The summed E-state index contributed by atoms with van der Waals surface area (Å²) in [6.45, 7) is 1.67. The number of hydrogen-bond acceptors (Lipinski definition) is 4. The molecule has 19 heavy (non-hydrogen) atoms. The predicted molar refractivity (Wildman–Crippen MR) is 73.2 cm³/mol. The number of phenols is 1. The lowest BCUT2D eigenvalue weighted by Gasteiger charge is -2.01. The normalized spacial score (nSPS) is 10.8. The SMILES string of the molecule is Cc1c(N=Cc2ccc(O)cc2)cccc1[N+](=O)[O-]. The van der Waals surface area contributed by atoms with Crippen LogP contribution in [0.4, 0.5) is 11.4 Å². The number of rotatable bonds is 3. The molecule has 2 aromatic rings. The molecule has 0 aliphatic rings. The summed E-state index contributed by atoms with van der Waals surface area (Å²) in [5, 5.41) is 20.0. The van der Waals surface area contributed by atoms with Crippen molar-refractivity contribution in [3.63, 3.8) is 0 Å². The second kappa shape index (κ2) is 5.30. The second-order valence-corrected chi connectivity index (χ2v) is 4.03. The standard InChI is InChI=1S/C14H12N2O3/c1-10-13(3-2-4-14(10)16(18)19)15-9-11-5-7-12(17)8-6-11/h2-9,17H,1H3. The van der Waals surface area contributed by atoms with Gasteiger partial charge in [0.05, 0.1) is 16.2 Å². The van der Waals surface area contributed by atoms with Crippen molar-refractivity contribution >= 4 is 17.6 Å². The van der Waals surface area contributed by atoms with Gasteiger partial charge < -0.3 is 5.11 Å². The third-order valence-corrected chi connectivity index (χ3v) is 2.72. The fraction of sp³-hybridized carbons (Fsp3) is 0.0714. The summed E-state index contributed by atoms with van der Waals surface area (Å²) in [5.74, 6) is 0.184. The summed E-state index contributed by atoms with van der Waals surface area (Å²) in [6.07, 6.45) is 1.60. The minimum Gasteiger partial charge on any atom is -0.508 e. The second-order valence-electron chi connectivity index (χ2n) is 4.03. The largest absolute Gasteiger partial charge is 0.508 e. The van der Waals surface area contributed by atoms with Gasteiger partial charge in [0, 0.05) is 12.3 Å². The minimum absolute atomic E-state index is 0.0559. The van der Waals surface area contributed by atoms with E-state index in [9.17, 15) is 10.1 Å². The smallest absolute Gasteiger partial charge is 0.274 e. The van der Waals surface area contributed by atoms with Crippen molar-refractivity contribution in [2.45, 2.75) is 6.92 Å². The van der Waals surface area contributed by atoms with Gasteiger partial charge in [0.15, 0.2) is 0 Å². The highest BCUT2D eigenvalue weighted by Gasteiger charge is 2.12. The maximum atomic E-state index is 10.8. The quantitative estimate of drug-likeness (QED) is 0.519. The Bertz CT molecular complexity index is 634. The van der Waals surface area contributed by atoms with Gasteiger partial charge in [-0.05, 0) is 42.8 Å². The molecule has 0 atom stereocenters. The van der Waals surface area contributed by atoms with E-state index in [-0.39, 0.29) is 11.4 Å². The molecule has 0 aliphatic carbocycles. The van der Waals surface area contributed by atoms with Crippen LogP contribution in [-0.2, 0) is 0 Å². The molecule has 2 rings (SSSR count). The number of aromatic hydroxyl groups is 1. The zero-order chi connectivity index (χ0) is 13.8. The van der Waals surface area contributed by atoms with Crippen molar-refractivity contribution in [1.82, 2.24) is 0 Å². The molecular weight excluding hydrogens is 244 g/mol.